The molecule has 4 rings (SSSR count). The van der Waals surface area contributed by atoms with Crippen molar-refractivity contribution in [2.45, 2.75) is 26.2 Å². The number of aromatic nitrogens is 1. The summed E-state index contributed by atoms with van der Waals surface area (Å²) < 4.78 is 14.5. The number of hydrogen-bond acceptors (Lipinski definition) is 1. The van der Waals surface area contributed by atoms with E-state index in [9.17, 15) is 4.39 Å². The molecule has 0 atom stereocenters. The van der Waals surface area contributed by atoms with Gasteiger partial charge in [-0.25, -0.2) is 9.37 Å². The smallest absolute Gasteiger partial charge is 0.131 e. The summed E-state index contributed by atoms with van der Waals surface area (Å²) >= 11 is 0. The molecule has 1 heterocycles. The summed E-state index contributed by atoms with van der Waals surface area (Å²) in [5, 5.41) is 1.10. The largest absolute Gasteiger partial charge is 0.248 e. The van der Waals surface area contributed by atoms with Crippen LogP contribution < -0.4 is 0 Å². The second-order valence-electron chi connectivity index (χ2n) is 6.88. The van der Waals surface area contributed by atoms with Gasteiger partial charge in [0.2, 0.25) is 0 Å². The third-order valence-electron chi connectivity index (χ3n) is 4.94. The highest BCUT2D eigenvalue weighted by Gasteiger charge is 2.09. The zero-order valence-electron chi connectivity index (χ0n) is 15.5. The molecule has 0 unspecified atom stereocenters. The van der Waals surface area contributed by atoms with E-state index in [0.29, 0.717) is 5.56 Å². The molecule has 0 aliphatic rings. The molecule has 0 saturated heterocycles. The number of pyridine rings is 1. The molecule has 0 radical (unpaired) electrons. The van der Waals surface area contributed by atoms with Gasteiger partial charge in [0, 0.05) is 16.5 Å². The van der Waals surface area contributed by atoms with Gasteiger partial charge in [-0.15, -0.1) is 0 Å². The van der Waals surface area contributed by atoms with E-state index in [0.717, 1.165) is 34.1 Å². The van der Waals surface area contributed by atoms with Crippen LogP contribution in [-0.2, 0) is 6.42 Å². The lowest BCUT2D eigenvalue weighted by Crippen LogP contribution is -1.90. The van der Waals surface area contributed by atoms with Crippen LogP contribution in [0.5, 0.6) is 0 Å². The van der Waals surface area contributed by atoms with Crippen molar-refractivity contribution in [2.24, 2.45) is 0 Å². The van der Waals surface area contributed by atoms with Crippen LogP contribution in [0.1, 0.15) is 25.3 Å². The maximum Gasteiger partial charge on any atom is 0.131 e. The molecule has 0 bridgehead atoms. The number of aryl methyl sites for hydroxylation is 1. The number of unbranched alkanes of at least 4 members (excludes halogenated alkanes) is 1. The fourth-order valence-electron chi connectivity index (χ4n) is 3.36. The highest BCUT2D eigenvalue weighted by atomic mass is 19.1. The Morgan fingerprint density at radius 2 is 1.59 bits per heavy atom. The van der Waals surface area contributed by atoms with Crippen molar-refractivity contribution in [1.82, 2.24) is 4.98 Å². The third-order valence-corrected chi connectivity index (χ3v) is 4.94. The molecule has 1 nitrogen and oxygen atoms in total. The monoisotopic (exact) mass is 355 g/mol. The van der Waals surface area contributed by atoms with E-state index >= 15 is 0 Å². The van der Waals surface area contributed by atoms with Crippen molar-refractivity contribution in [3.8, 4) is 22.4 Å². The van der Waals surface area contributed by atoms with Crippen LogP contribution in [0, 0.1) is 5.82 Å². The summed E-state index contributed by atoms with van der Waals surface area (Å²) in [6, 6.07) is 25.5. The van der Waals surface area contributed by atoms with E-state index in [1.807, 2.05) is 48.5 Å². The van der Waals surface area contributed by atoms with Crippen molar-refractivity contribution in [1.29, 1.82) is 0 Å². The summed E-state index contributed by atoms with van der Waals surface area (Å²) in [5.74, 6) is -0.208. The highest BCUT2D eigenvalue weighted by Crippen LogP contribution is 2.29. The predicted octanol–water partition coefficient (Wildman–Crippen LogP) is 7.05. The molecule has 2 heteroatoms. The number of nitrogens with zero attached hydrogens (tertiary/aromatic N) is 1. The minimum Gasteiger partial charge on any atom is -0.248 e. The third kappa shape index (κ3) is 3.75. The lowest BCUT2D eigenvalue weighted by molar-refractivity contribution is 0.631. The molecule has 0 spiro atoms. The van der Waals surface area contributed by atoms with Crippen molar-refractivity contribution in [3.05, 3.63) is 90.2 Å². The Morgan fingerprint density at radius 1 is 0.815 bits per heavy atom. The van der Waals surface area contributed by atoms with Crippen LogP contribution in [0.2, 0.25) is 0 Å². The molecular formula is C25H22FN. The number of halogens is 1. The number of rotatable bonds is 5. The van der Waals surface area contributed by atoms with Crippen LogP contribution in [0.15, 0.2) is 78.9 Å². The highest BCUT2D eigenvalue weighted by molar-refractivity contribution is 5.82. The zero-order chi connectivity index (χ0) is 18.6. The molecule has 0 amide bonds. The molecule has 4 aromatic rings. The summed E-state index contributed by atoms with van der Waals surface area (Å²) in [4.78, 5) is 4.74. The van der Waals surface area contributed by atoms with Gasteiger partial charge < -0.3 is 0 Å². The minimum absolute atomic E-state index is 0.208. The van der Waals surface area contributed by atoms with Crippen molar-refractivity contribution in [2.75, 3.05) is 0 Å². The minimum atomic E-state index is -0.208. The van der Waals surface area contributed by atoms with Gasteiger partial charge in [0.15, 0.2) is 0 Å². The zero-order valence-corrected chi connectivity index (χ0v) is 15.5. The van der Waals surface area contributed by atoms with E-state index in [-0.39, 0.29) is 5.82 Å². The number of benzene rings is 3. The topological polar surface area (TPSA) is 12.9 Å². The SMILES string of the molecule is CCCCc1ccc(-c2cc(-c3ccc4ccccc4n3)ccc2F)cc1. The molecule has 0 aliphatic carbocycles. The Balaban J connectivity index is 1.70. The molecule has 134 valence electrons. The van der Waals surface area contributed by atoms with E-state index < -0.39 is 0 Å². The first-order valence-corrected chi connectivity index (χ1v) is 9.49. The maximum absolute atomic E-state index is 14.5. The number of fused-ring (bicyclic) bond motifs is 1. The van der Waals surface area contributed by atoms with Crippen molar-refractivity contribution >= 4 is 10.9 Å². The lowest BCUT2D eigenvalue weighted by Gasteiger charge is -2.09. The molecule has 0 fully saturated rings. The van der Waals surface area contributed by atoms with E-state index in [4.69, 9.17) is 4.98 Å². The van der Waals surface area contributed by atoms with E-state index in [2.05, 4.69) is 25.1 Å². The predicted molar refractivity (Wildman–Crippen MR) is 111 cm³/mol. The van der Waals surface area contributed by atoms with Gasteiger partial charge in [-0.2, -0.15) is 0 Å². The van der Waals surface area contributed by atoms with Crippen LogP contribution in [0.3, 0.4) is 0 Å². The second-order valence-corrected chi connectivity index (χ2v) is 6.88. The fourth-order valence-corrected chi connectivity index (χ4v) is 3.36. The lowest BCUT2D eigenvalue weighted by atomic mass is 9.98. The molecule has 0 saturated carbocycles. The van der Waals surface area contributed by atoms with Crippen LogP contribution in [0.4, 0.5) is 4.39 Å². The molecule has 0 N–H and O–H groups in total. The van der Waals surface area contributed by atoms with Gasteiger partial charge in [-0.05, 0) is 54.3 Å². The Hall–Kier alpha value is -3.00. The van der Waals surface area contributed by atoms with Gasteiger partial charge >= 0.3 is 0 Å². The molecule has 0 aliphatic heterocycles. The van der Waals surface area contributed by atoms with Gasteiger partial charge in [0.25, 0.3) is 0 Å². The number of hydrogen-bond donors (Lipinski definition) is 0. The summed E-state index contributed by atoms with van der Waals surface area (Å²) in [5.41, 5.74) is 5.54. The fraction of sp³-hybridized carbons (Fsp3) is 0.160. The molecule has 3 aromatic carbocycles. The van der Waals surface area contributed by atoms with Crippen LogP contribution in [-0.4, -0.2) is 4.98 Å². The standard InChI is InChI=1S/C25H22FN/c1-2-3-6-18-9-11-19(12-10-18)22-17-21(13-15-23(22)26)25-16-14-20-7-4-5-8-24(20)27-25/h4-5,7-17H,2-3,6H2,1H3. The normalized spacial score (nSPS) is 11.0. The summed E-state index contributed by atoms with van der Waals surface area (Å²) in [6.07, 6.45) is 3.42. The van der Waals surface area contributed by atoms with Gasteiger partial charge in [-0.1, -0.05) is 61.9 Å². The van der Waals surface area contributed by atoms with E-state index in [1.165, 1.54) is 24.5 Å². The van der Waals surface area contributed by atoms with Crippen LogP contribution in [0.25, 0.3) is 33.3 Å². The summed E-state index contributed by atoms with van der Waals surface area (Å²) in [7, 11) is 0. The molecule has 1 aromatic heterocycles. The van der Waals surface area contributed by atoms with Crippen molar-refractivity contribution in [3.63, 3.8) is 0 Å². The van der Waals surface area contributed by atoms with Gasteiger partial charge in [0.1, 0.15) is 5.82 Å². The Kier molecular flexibility index (Phi) is 4.97. The van der Waals surface area contributed by atoms with Gasteiger partial charge in [0.05, 0.1) is 11.2 Å². The Labute approximate surface area is 159 Å². The summed E-state index contributed by atoms with van der Waals surface area (Å²) in [6.45, 7) is 2.19. The molecular weight excluding hydrogens is 333 g/mol. The molecule has 27 heavy (non-hydrogen) atoms. The van der Waals surface area contributed by atoms with Crippen LogP contribution >= 0.6 is 0 Å². The number of para-hydroxylation sites is 1. The quantitative estimate of drug-likeness (QED) is 0.374. The van der Waals surface area contributed by atoms with E-state index in [1.54, 1.807) is 6.07 Å². The average Bonchev–Trinajstić information content (AvgIpc) is 2.73. The Bertz CT molecular complexity index is 1070. The maximum atomic E-state index is 14.5. The Morgan fingerprint density at radius 3 is 2.41 bits per heavy atom. The first kappa shape index (κ1) is 17.4. The average molecular weight is 355 g/mol. The van der Waals surface area contributed by atoms with Crippen molar-refractivity contribution < 1.29 is 4.39 Å². The second kappa shape index (κ2) is 7.71. The first-order chi connectivity index (χ1) is 13.2. The first-order valence-electron chi connectivity index (χ1n) is 9.49. The van der Waals surface area contributed by atoms with Gasteiger partial charge in [-0.3, -0.25) is 0 Å².